The fourth-order valence-corrected chi connectivity index (χ4v) is 5.55. The Morgan fingerprint density at radius 2 is 1.77 bits per heavy atom. The van der Waals surface area contributed by atoms with Crippen LogP contribution in [0.1, 0.15) is 11.1 Å². The number of anilines is 1. The molecule has 0 atom stereocenters. The number of hydrogen-bond acceptors (Lipinski definition) is 8. The topological polar surface area (TPSA) is 81.4 Å². The van der Waals surface area contributed by atoms with Gasteiger partial charge in [0.25, 0.3) is 11.5 Å². The first kappa shape index (κ1) is 23.7. The van der Waals surface area contributed by atoms with Crippen molar-refractivity contribution in [3.8, 4) is 0 Å². The molecule has 1 aromatic carbocycles. The number of aliphatic hydroxyl groups is 1. The molecule has 8 nitrogen and oxygen atoms in total. The molecule has 2 fully saturated rings. The SMILES string of the molecule is O=C1C(=Cc2c(N3CCN(CCO)CC3)nc3ccccn3c2=O)SC(=S)N1Cc1ccccc1. The van der Waals surface area contributed by atoms with E-state index in [-0.39, 0.29) is 18.1 Å². The molecule has 0 bridgehead atoms. The second-order valence-electron chi connectivity index (χ2n) is 8.39. The van der Waals surface area contributed by atoms with Crippen LogP contribution in [0.2, 0.25) is 0 Å². The summed E-state index contributed by atoms with van der Waals surface area (Å²) in [4.78, 5) is 37.9. The summed E-state index contributed by atoms with van der Waals surface area (Å²) in [7, 11) is 0. The Kier molecular flexibility index (Phi) is 6.96. The first-order valence-electron chi connectivity index (χ1n) is 11.4. The molecule has 1 N–H and O–H groups in total. The Hall–Kier alpha value is -3.05. The number of carbonyl (C=O) groups excluding carboxylic acids is 1. The highest BCUT2D eigenvalue weighted by molar-refractivity contribution is 8.26. The molecule has 2 aromatic heterocycles. The fourth-order valence-electron chi connectivity index (χ4n) is 4.32. The number of thiocarbonyl (C=S) groups is 1. The van der Waals surface area contributed by atoms with E-state index in [0.717, 1.165) is 18.7 Å². The third-order valence-electron chi connectivity index (χ3n) is 6.17. The van der Waals surface area contributed by atoms with E-state index in [1.807, 2.05) is 36.4 Å². The number of aliphatic hydroxyl groups excluding tert-OH is 1. The van der Waals surface area contributed by atoms with E-state index in [0.29, 0.717) is 52.4 Å². The molecule has 10 heteroatoms. The molecule has 4 heterocycles. The molecule has 2 aliphatic rings. The molecule has 0 radical (unpaired) electrons. The lowest BCUT2D eigenvalue weighted by Gasteiger charge is -2.35. The van der Waals surface area contributed by atoms with Gasteiger partial charge in [0.1, 0.15) is 15.8 Å². The van der Waals surface area contributed by atoms with Gasteiger partial charge in [0.05, 0.1) is 23.6 Å². The number of nitrogens with zero attached hydrogens (tertiary/aromatic N) is 5. The van der Waals surface area contributed by atoms with E-state index in [9.17, 15) is 14.7 Å². The van der Waals surface area contributed by atoms with E-state index in [4.69, 9.17) is 17.2 Å². The monoisotopic (exact) mass is 507 g/mol. The average molecular weight is 508 g/mol. The Labute approximate surface area is 212 Å². The number of amides is 1. The van der Waals surface area contributed by atoms with E-state index in [2.05, 4.69) is 9.80 Å². The summed E-state index contributed by atoms with van der Waals surface area (Å²) in [6.45, 7) is 3.99. The Morgan fingerprint density at radius 1 is 1.03 bits per heavy atom. The third kappa shape index (κ3) is 4.87. The van der Waals surface area contributed by atoms with Gasteiger partial charge in [-0.2, -0.15) is 0 Å². The minimum Gasteiger partial charge on any atom is -0.395 e. The molecule has 0 saturated carbocycles. The highest BCUT2D eigenvalue weighted by Gasteiger charge is 2.33. The molecule has 0 spiro atoms. The molecule has 1 amide bonds. The van der Waals surface area contributed by atoms with Gasteiger partial charge >= 0.3 is 0 Å². The Morgan fingerprint density at radius 3 is 2.51 bits per heavy atom. The molecular formula is C25H25N5O3S2. The maximum Gasteiger partial charge on any atom is 0.267 e. The van der Waals surface area contributed by atoms with Crippen LogP contribution in [-0.4, -0.2) is 73.8 Å². The second kappa shape index (κ2) is 10.3. The molecule has 0 unspecified atom stereocenters. The fraction of sp³-hybridized carbons (Fsp3) is 0.280. The van der Waals surface area contributed by atoms with Crippen LogP contribution in [0.5, 0.6) is 0 Å². The second-order valence-corrected chi connectivity index (χ2v) is 10.1. The zero-order chi connectivity index (χ0) is 24.4. The van der Waals surface area contributed by atoms with Crippen molar-refractivity contribution < 1.29 is 9.90 Å². The van der Waals surface area contributed by atoms with Gasteiger partial charge in [-0.15, -0.1) is 0 Å². The van der Waals surface area contributed by atoms with Crippen LogP contribution in [0.3, 0.4) is 0 Å². The average Bonchev–Trinajstić information content (AvgIpc) is 3.14. The standard InChI is InChI=1S/C25H25N5O3S2/c31-15-14-27-10-12-28(13-11-27)22-19(23(32)29-9-5-4-8-21(29)26-22)16-20-24(33)30(25(34)35-20)17-18-6-2-1-3-7-18/h1-9,16,31H,10-15,17H2. The maximum absolute atomic E-state index is 13.5. The van der Waals surface area contributed by atoms with Crippen molar-refractivity contribution in [2.24, 2.45) is 0 Å². The summed E-state index contributed by atoms with van der Waals surface area (Å²) in [5.41, 5.74) is 1.69. The van der Waals surface area contributed by atoms with Crippen molar-refractivity contribution in [2.75, 3.05) is 44.2 Å². The van der Waals surface area contributed by atoms with Crippen LogP contribution in [-0.2, 0) is 11.3 Å². The van der Waals surface area contributed by atoms with Crippen LogP contribution in [0.4, 0.5) is 5.82 Å². The van der Waals surface area contributed by atoms with E-state index >= 15 is 0 Å². The van der Waals surface area contributed by atoms with Crippen molar-refractivity contribution in [3.05, 3.63) is 81.1 Å². The van der Waals surface area contributed by atoms with Gasteiger partial charge in [-0.1, -0.05) is 60.4 Å². The zero-order valence-corrected chi connectivity index (χ0v) is 20.7. The lowest BCUT2D eigenvalue weighted by molar-refractivity contribution is -0.122. The highest BCUT2D eigenvalue weighted by Crippen LogP contribution is 2.34. The van der Waals surface area contributed by atoms with Crippen molar-refractivity contribution in [1.82, 2.24) is 19.2 Å². The molecule has 35 heavy (non-hydrogen) atoms. The van der Waals surface area contributed by atoms with E-state index in [1.54, 1.807) is 29.3 Å². The first-order valence-corrected chi connectivity index (χ1v) is 12.7. The number of piperazine rings is 1. The summed E-state index contributed by atoms with van der Waals surface area (Å²) in [5, 5.41) is 9.25. The van der Waals surface area contributed by atoms with Crippen LogP contribution >= 0.6 is 24.0 Å². The number of pyridine rings is 1. The molecule has 0 aliphatic carbocycles. The number of hydrogen-bond donors (Lipinski definition) is 1. The third-order valence-corrected chi connectivity index (χ3v) is 7.55. The smallest absolute Gasteiger partial charge is 0.267 e. The number of aromatic nitrogens is 2. The van der Waals surface area contributed by atoms with Crippen molar-refractivity contribution >= 4 is 51.7 Å². The van der Waals surface area contributed by atoms with Gasteiger partial charge in [-0.05, 0) is 23.8 Å². The maximum atomic E-state index is 13.5. The quantitative estimate of drug-likeness (QED) is 0.402. The van der Waals surface area contributed by atoms with E-state index < -0.39 is 0 Å². The highest BCUT2D eigenvalue weighted by atomic mass is 32.2. The van der Waals surface area contributed by atoms with Gasteiger partial charge in [0, 0.05) is 38.9 Å². The van der Waals surface area contributed by atoms with Crippen LogP contribution in [0.25, 0.3) is 11.7 Å². The molecule has 2 aliphatic heterocycles. The van der Waals surface area contributed by atoms with Crippen molar-refractivity contribution in [1.29, 1.82) is 0 Å². The molecule has 2 saturated heterocycles. The van der Waals surface area contributed by atoms with E-state index in [1.165, 1.54) is 16.2 Å². The van der Waals surface area contributed by atoms with Gasteiger partial charge < -0.3 is 10.0 Å². The number of rotatable bonds is 6. The van der Waals surface area contributed by atoms with Crippen molar-refractivity contribution in [2.45, 2.75) is 6.54 Å². The largest absolute Gasteiger partial charge is 0.395 e. The predicted molar refractivity (Wildman–Crippen MR) is 142 cm³/mol. The van der Waals surface area contributed by atoms with Gasteiger partial charge in [0.15, 0.2) is 0 Å². The van der Waals surface area contributed by atoms with Crippen LogP contribution in [0, 0.1) is 0 Å². The lowest BCUT2D eigenvalue weighted by atomic mass is 10.2. The molecule has 3 aromatic rings. The Balaban J connectivity index is 1.51. The number of benzene rings is 1. The Bertz CT molecular complexity index is 1350. The summed E-state index contributed by atoms with van der Waals surface area (Å²) in [5.74, 6) is 0.360. The summed E-state index contributed by atoms with van der Waals surface area (Å²) in [6.07, 6.45) is 3.33. The number of thioether (sulfide) groups is 1. The minimum atomic E-state index is -0.225. The number of fused-ring (bicyclic) bond motifs is 1. The zero-order valence-electron chi connectivity index (χ0n) is 19.0. The number of carbonyl (C=O) groups is 1. The molecule has 180 valence electrons. The minimum absolute atomic E-state index is 0.117. The lowest BCUT2D eigenvalue weighted by Crippen LogP contribution is -2.48. The van der Waals surface area contributed by atoms with Crippen molar-refractivity contribution in [3.63, 3.8) is 0 Å². The van der Waals surface area contributed by atoms with Gasteiger partial charge in [-0.25, -0.2) is 4.98 Å². The van der Waals surface area contributed by atoms with Crippen LogP contribution < -0.4 is 10.5 Å². The molecule has 5 rings (SSSR count). The van der Waals surface area contributed by atoms with Gasteiger partial charge in [0.2, 0.25) is 0 Å². The normalized spacial score (nSPS) is 18.3. The summed E-state index contributed by atoms with van der Waals surface area (Å²) >= 11 is 6.72. The summed E-state index contributed by atoms with van der Waals surface area (Å²) in [6, 6.07) is 15.1. The first-order chi connectivity index (χ1) is 17.0. The van der Waals surface area contributed by atoms with Crippen LogP contribution in [0.15, 0.2) is 64.4 Å². The number of β-amino-alcohol motifs (C(OH)–C–C–N with tert-alkyl or cyclic N) is 1. The molecular weight excluding hydrogens is 482 g/mol. The van der Waals surface area contributed by atoms with Gasteiger partial charge in [-0.3, -0.25) is 23.8 Å². The summed E-state index contributed by atoms with van der Waals surface area (Å²) < 4.78 is 1.97. The predicted octanol–water partition coefficient (Wildman–Crippen LogP) is 2.21.